The molecular formula is C16H23FN2S. The number of benzene rings is 1. The van der Waals surface area contributed by atoms with Crippen LogP contribution < -0.4 is 10.6 Å². The maximum Gasteiger partial charge on any atom is 0.124 e. The average molecular weight is 294 g/mol. The summed E-state index contributed by atoms with van der Waals surface area (Å²) in [6, 6.07) is 7.11. The molecule has 0 bridgehead atoms. The summed E-state index contributed by atoms with van der Waals surface area (Å²) in [5, 5.41) is 8.04. The third kappa shape index (κ3) is 4.85. The summed E-state index contributed by atoms with van der Waals surface area (Å²) in [5.41, 5.74) is 0.190. The van der Waals surface area contributed by atoms with Crippen LogP contribution in [0, 0.1) is 5.82 Å². The number of hydrogen-bond acceptors (Lipinski definition) is 3. The second kappa shape index (κ2) is 6.66. The molecule has 1 aromatic carbocycles. The van der Waals surface area contributed by atoms with Gasteiger partial charge in [0.1, 0.15) is 5.82 Å². The van der Waals surface area contributed by atoms with Gasteiger partial charge in [-0.2, -0.15) is 0 Å². The lowest BCUT2D eigenvalue weighted by molar-refractivity contribution is 0.418. The Hall–Kier alpha value is -0.970. The fourth-order valence-electron chi connectivity index (χ4n) is 2.04. The van der Waals surface area contributed by atoms with E-state index in [1.54, 1.807) is 17.4 Å². The van der Waals surface area contributed by atoms with Gasteiger partial charge in [-0.3, -0.25) is 0 Å². The number of nitrogens with one attached hydrogen (secondary N) is 2. The van der Waals surface area contributed by atoms with Gasteiger partial charge in [0.2, 0.25) is 0 Å². The van der Waals surface area contributed by atoms with Gasteiger partial charge in [-0.25, -0.2) is 4.39 Å². The van der Waals surface area contributed by atoms with Crippen LogP contribution in [-0.2, 0) is 6.54 Å². The molecule has 20 heavy (non-hydrogen) atoms. The molecule has 0 aliphatic carbocycles. The zero-order valence-corrected chi connectivity index (χ0v) is 13.2. The minimum atomic E-state index is -0.160. The number of fused-ring (bicyclic) bond motifs is 1. The molecule has 0 aliphatic rings. The number of hydrogen-bond donors (Lipinski definition) is 2. The van der Waals surface area contributed by atoms with Gasteiger partial charge < -0.3 is 10.6 Å². The van der Waals surface area contributed by atoms with Crippen molar-refractivity contribution in [2.45, 2.75) is 39.3 Å². The molecule has 1 heterocycles. The van der Waals surface area contributed by atoms with Gasteiger partial charge in [0, 0.05) is 21.7 Å². The van der Waals surface area contributed by atoms with Crippen LogP contribution in [0.1, 0.15) is 32.1 Å². The normalized spacial score (nSPS) is 12.2. The number of rotatable bonds is 6. The molecule has 0 unspecified atom stereocenters. The third-order valence-corrected chi connectivity index (χ3v) is 4.12. The van der Waals surface area contributed by atoms with Crippen LogP contribution in [0.2, 0.25) is 0 Å². The fraction of sp³-hybridized carbons (Fsp3) is 0.500. The Labute approximate surface area is 124 Å². The monoisotopic (exact) mass is 294 g/mol. The molecule has 0 saturated carbocycles. The predicted molar refractivity (Wildman–Crippen MR) is 85.9 cm³/mol. The quantitative estimate of drug-likeness (QED) is 0.789. The molecule has 2 N–H and O–H groups in total. The summed E-state index contributed by atoms with van der Waals surface area (Å²) in [5.74, 6) is -0.160. The Kier molecular flexibility index (Phi) is 5.13. The van der Waals surface area contributed by atoms with Gasteiger partial charge >= 0.3 is 0 Å². The number of halogens is 1. The van der Waals surface area contributed by atoms with Crippen LogP contribution in [0.5, 0.6) is 0 Å². The van der Waals surface area contributed by atoms with Gasteiger partial charge in [-0.15, -0.1) is 11.3 Å². The maximum absolute atomic E-state index is 13.1. The highest BCUT2D eigenvalue weighted by molar-refractivity contribution is 7.19. The molecule has 0 radical (unpaired) electrons. The van der Waals surface area contributed by atoms with Crippen molar-refractivity contribution in [3.63, 3.8) is 0 Å². The van der Waals surface area contributed by atoms with E-state index in [1.165, 1.54) is 10.9 Å². The van der Waals surface area contributed by atoms with Crippen molar-refractivity contribution >= 4 is 21.4 Å². The number of thiophene rings is 1. The Bertz CT molecular complexity index is 557. The van der Waals surface area contributed by atoms with Crippen LogP contribution >= 0.6 is 11.3 Å². The van der Waals surface area contributed by atoms with Gasteiger partial charge in [-0.1, -0.05) is 6.07 Å². The molecule has 0 fully saturated rings. The molecule has 0 spiro atoms. The molecule has 0 saturated heterocycles. The summed E-state index contributed by atoms with van der Waals surface area (Å²) in [7, 11) is 0. The molecule has 1 aromatic heterocycles. The molecule has 0 atom stereocenters. The van der Waals surface area contributed by atoms with Gasteiger partial charge in [-0.05, 0) is 63.9 Å². The lowest BCUT2D eigenvalue weighted by Gasteiger charge is -2.20. The molecule has 2 aromatic rings. The Morgan fingerprint density at radius 2 is 1.95 bits per heavy atom. The van der Waals surface area contributed by atoms with Gasteiger partial charge in [0.15, 0.2) is 0 Å². The second-order valence-electron chi connectivity index (χ2n) is 6.10. The summed E-state index contributed by atoms with van der Waals surface area (Å²) in [6.45, 7) is 9.40. The SMILES string of the molecule is CC(C)(C)NCCCNCc1cc2ccc(F)cc2s1. The van der Waals surface area contributed by atoms with Crippen LogP contribution in [0.3, 0.4) is 0 Å². The lowest BCUT2D eigenvalue weighted by atomic mass is 10.1. The van der Waals surface area contributed by atoms with Crippen molar-refractivity contribution in [2.24, 2.45) is 0 Å². The first-order valence-electron chi connectivity index (χ1n) is 7.08. The molecule has 110 valence electrons. The molecule has 2 nitrogen and oxygen atoms in total. The van der Waals surface area contributed by atoms with Gasteiger partial charge in [0.05, 0.1) is 0 Å². The zero-order valence-electron chi connectivity index (χ0n) is 12.4. The molecular weight excluding hydrogens is 271 g/mol. The van der Waals surface area contributed by atoms with Crippen molar-refractivity contribution in [3.05, 3.63) is 35.0 Å². The predicted octanol–water partition coefficient (Wildman–Crippen LogP) is 3.91. The minimum absolute atomic E-state index is 0.160. The topological polar surface area (TPSA) is 24.1 Å². The van der Waals surface area contributed by atoms with Crippen molar-refractivity contribution in [1.29, 1.82) is 0 Å². The molecule has 2 rings (SSSR count). The largest absolute Gasteiger partial charge is 0.312 e. The van der Waals surface area contributed by atoms with Crippen molar-refractivity contribution in [1.82, 2.24) is 10.6 Å². The van der Waals surface area contributed by atoms with Crippen molar-refractivity contribution < 1.29 is 4.39 Å². The minimum Gasteiger partial charge on any atom is -0.312 e. The van der Waals surface area contributed by atoms with Crippen LogP contribution in [0.25, 0.3) is 10.1 Å². The van der Waals surface area contributed by atoms with E-state index >= 15 is 0 Å². The van der Waals surface area contributed by atoms with Crippen LogP contribution in [0.4, 0.5) is 4.39 Å². The first-order valence-corrected chi connectivity index (χ1v) is 7.89. The second-order valence-corrected chi connectivity index (χ2v) is 7.27. The average Bonchev–Trinajstić information content (AvgIpc) is 2.74. The zero-order chi connectivity index (χ0) is 14.6. The van der Waals surface area contributed by atoms with Crippen LogP contribution in [-0.4, -0.2) is 18.6 Å². The van der Waals surface area contributed by atoms with E-state index in [-0.39, 0.29) is 11.4 Å². The smallest absolute Gasteiger partial charge is 0.124 e. The Balaban J connectivity index is 1.73. The maximum atomic E-state index is 13.1. The van der Waals surface area contributed by atoms with E-state index in [0.29, 0.717) is 0 Å². The van der Waals surface area contributed by atoms with E-state index in [2.05, 4.69) is 37.5 Å². The standard InChI is InChI=1S/C16H23FN2S/c1-16(2,3)19-8-4-7-18-11-14-9-12-5-6-13(17)10-15(12)20-14/h5-6,9-10,18-19H,4,7-8,11H2,1-3H3. The van der Waals surface area contributed by atoms with Crippen LogP contribution in [0.15, 0.2) is 24.3 Å². The summed E-state index contributed by atoms with van der Waals surface area (Å²) >= 11 is 1.66. The summed E-state index contributed by atoms with van der Waals surface area (Å²) < 4.78 is 14.1. The van der Waals surface area contributed by atoms with E-state index < -0.39 is 0 Å². The lowest BCUT2D eigenvalue weighted by Crippen LogP contribution is -2.37. The third-order valence-electron chi connectivity index (χ3n) is 3.02. The highest BCUT2D eigenvalue weighted by Gasteiger charge is 2.07. The van der Waals surface area contributed by atoms with Gasteiger partial charge in [0.25, 0.3) is 0 Å². The Morgan fingerprint density at radius 3 is 2.70 bits per heavy atom. The Morgan fingerprint density at radius 1 is 1.15 bits per heavy atom. The summed E-state index contributed by atoms with van der Waals surface area (Å²) in [6.07, 6.45) is 1.11. The highest BCUT2D eigenvalue weighted by Crippen LogP contribution is 2.26. The summed E-state index contributed by atoms with van der Waals surface area (Å²) in [4.78, 5) is 1.26. The van der Waals surface area contributed by atoms with Crippen molar-refractivity contribution in [3.8, 4) is 0 Å². The van der Waals surface area contributed by atoms with E-state index in [0.717, 1.165) is 36.1 Å². The fourth-order valence-corrected chi connectivity index (χ4v) is 3.09. The highest BCUT2D eigenvalue weighted by atomic mass is 32.1. The first kappa shape index (κ1) is 15.4. The van der Waals surface area contributed by atoms with E-state index in [4.69, 9.17) is 0 Å². The van der Waals surface area contributed by atoms with E-state index in [1.807, 2.05) is 6.07 Å². The molecule has 4 heteroatoms. The molecule has 0 aliphatic heterocycles. The first-order chi connectivity index (χ1) is 9.44. The van der Waals surface area contributed by atoms with Crippen molar-refractivity contribution in [2.75, 3.05) is 13.1 Å². The van der Waals surface area contributed by atoms with E-state index in [9.17, 15) is 4.39 Å². The molecule has 0 amide bonds.